The third-order valence-electron chi connectivity index (χ3n) is 4.14. The van der Waals surface area contributed by atoms with Gasteiger partial charge in [0.15, 0.2) is 0 Å². The summed E-state index contributed by atoms with van der Waals surface area (Å²) in [6.07, 6.45) is 3.16. The van der Waals surface area contributed by atoms with E-state index in [2.05, 4.69) is 5.32 Å². The molecular formula is C17H23NO3. The molecule has 1 aromatic carbocycles. The molecule has 0 aromatic heterocycles. The maximum atomic E-state index is 12.0. The molecule has 0 saturated carbocycles. The van der Waals surface area contributed by atoms with Gasteiger partial charge in [-0.2, -0.15) is 0 Å². The molecule has 0 aliphatic heterocycles. The molecule has 0 radical (unpaired) electrons. The Balaban J connectivity index is 2.83. The average Bonchev–Trinajstić information content (AvgIpc) is 2.36. The van der Waals surface area contributed by atoms with Crippen molar-refractivity contribution in [3.63, 3.8) is 0 Å². The number of rotatable bonds is 5. The van der Waals surface area contributed by atoms with Crippen LogP contribution in [-0.2, 0) is 9.59 Å². The number of hydrogen-bond acceptors (Lipinski definition) is 2. The van der Waals surface area contributed by atoms with Crippen molar-refractivity contribution in [3.05, 3.63) is 41.5 Å². The van der Waals surface area contributed by atoms with E-state index in [-0.39, 0.29) is 5.91 Å². The van der Waals surface area contributed by atoms with E-state index in [1.54, 1.807) is 33.8 Å². The van der Waals surface area contributed by atoms with Crippen LogP contribution in [0.5, 0.6) is 0 Å². The van der Waals surface area contributed by atoms with E-state index in [1.807, 2.05) is 31.2 Å². The van der Waals surface area contributed by atoms with Crippen molar-refractivity contribution < 1.29 is 14.7 Å². The Labute approximate surface area is 125 Å². The van der Waals surface area contributed by atoms with Gasteiger partial charge < -0.3 is 10.4 Å². The molecule has 0 spiro atoms. The first-order valence-electron chi connectivity index (χ1n) is 6.87. The van der Waals surface area contributed by atoms with Crippen LogP contribution in [0.1, 0.15) is 38.8 Å². The molecule has 0 aliphatic carbocycles. The summed E-state index contributed by atoms with van der Waals surface area (Å²) in [5.74, 6) is -1.26. The van der Waals surface area contributed by atoms with E-state index < -0.39 is 16.9 Å². The van der Waals surface area contributed by atoms with Crippen molar-refractivity contribution in [2.24, 2.45) is 5.41 Å². The first-order valence-corrected chi connectivity index (χ1v) is 6.87. The van der Waals surface area contributed by atoms with Gasteiger partial charge in [0.25, 0.3) is 0 Å². The highest BCUT2D eigenvalue weighted by molar-refractivity contribution is 5.93. The number of aliphatic carboxylic acids is 1. The molecule has 0 saturated heterocycles. The van der Waals surface area contributed by atoms with Crippen LogP contribution < -0.4 is 5.32 Å². The summed E-state index contributed by atoms with van der Waals surface area (Å²) in [5, 5.41) is 12.0. The van der Waals surface area contributed by atoms with Crippen molar-refractivity contribution in [1.82, 2.24) is 5.32 Å². The first kappa shape index (κ1) is 17.0. The van der Waals surface area contributed by atoms with Crippen molar-refractivity contribution in [2.75, 3.05) is 0 Å². The van der Waals surface area contributed by atoms with Crippen molar-refractivity contribution in [2.45, 2.75) is 40.2 Å². The lowest BCUT2D eigenvalue weighted by molar-refractivity contribution is -0.151. The predicted molar refractivity (Wildman–Crippen MR) is 83.9 cm³/mol. The number of carbonyl (C=O) groups is 2. The SMILES string of the molecule is Cc1ccccc1C=CC(=O)NC(C)(C)C(C)(C)C(=O)O. The lowest BCUT2D eigenvalue weighted by Crippen LogP contribution is -2.56. The van der Waals surface area contributed by atoms with Crippen LogP contribution in [0, 0.1) is 12.3 Å². The van der Waals surface area contributed by atoms with Crippen molar-refractivity contribution >= 4 is 18.0 Å². The molecular weight excluding hydrogens is 266 g/mol. The highest BCUT2D eigenvalue weighted by Crippen LogP contribution is 2.30. The van der Waals surface area contributed by atoms with Gasteiger partial charge in [0.2, 0.25) is 5.91 Å². The Hall–Kier alpha value is -2.10. The van der Waals surface area contributed by atoms with Gasteiger partial charge in [-0.3, -0.25) is 9.59 Å². The molecule has 0 fully saturated rings. The van der Waals surface area contributed by atoms with Gasteiger partial charge in [0, 0.05) is 6.08 Å². The van der Waals surface area contributed by atoms with Crippen molar-refractivity contribution in [1.29, 1.82) is 0 Å². The molecule has 0 aliphatic rings. The fraction of sp³-hybridized carbons (Fsp3) is 0.412. The normalized spacial score (nSPS) is 12.4. The third kappa shape index (κ3) is 3.94. The van der Waals surface area contributed by atoms with E-state index in [1.165, 1.54) is 6.08 Å². The predicted octanol–water partition coefficient (Wildman–Crippen LogP) is 3.01. The molecule has 4 nitrogen and oxygen atoms in total. The monoisotopic (exact) mass is 289 g/mol. The Morgan fingerprint density at radius 2 is 1.71 bits per heavy atom. The Morgan fingerprint density at radius 1 is 1.14 bits per heavy atom. The molecule has 0 unspecified atom stereocenters. The third-order valence-corrected chi connectivity index (χ3v) is 4.14. The first-order chi connectivity index (χ1) is 9.58. The molecule has 0 heterocycles. The summed E-state index contributed by atoms with van der Waals surface area (Å²) < 4.78 is 0. The van der Waals surface area contributed by atoms with Crippen molar-refractivity contribution in [3.8, 4) is 0 Å². The second-order valence-corrected chi connectivity index (χ2v) is 6.23. The highest BCUT2D eigenvalue weighted by atomic mass is 16.4. The highest BCUT2D eigenvalue weighted by Gasteiger charge is 2.44. The maximum absolute atomic E-state index is 12.0. The summed E-state index contributed by atoms with van der Waals surface area (Å²) in [5.41, 5.74) is 0.0974. The molecule has 1 amide bonds. The zero-order valence-corrected chi connectivity index (χ0v) is 13.2. The number of aryl methyl sites for hydroxylation is 1. The Bertz CT molecular complexity index is 571. The number of carbonyl (C=O) groups excluding carboxylic acids is 1. The van der Waals surface area contributed by atoms with Crippen LogP contribution in [0.25, 0.3) is 6.08 Å². The van der Waals surface area contributed by atoms with Crippen LogP contribution in [0.4, 0.5) is 0 Å². The van der Waals surface area contributed by atoms with Gasteiger partial charge >= 0.3 is 5.97 Å². The van der Waals surface area contributed by atoms with E-state index in [0.29, 0.717) is 0 Å². The minimum atomic E-state index is -1.07. The molecule has 1 aromatic rings. The van der Waals surface area contributed by atoms with Crippen LogP contribution in [0.2, 0.25) is 0 Å². The Morgan fingerprint density at radius 3 is 2.24 bits per heavy atom. The smallest absolute Gasteiger partial charge is 0.311 e. The summed E-state index contributed by atoms with van der Waals surface area (Å²) in [4.78, 5) is 23.3. The van der Waals surface area contributed by atoms with Crippen LogP contribution in [-0.4, -0.2) is 22.5 Å². The molecule has 0 bridgehead atoms. The summed E-state index contributed by atoms with van der Waals surface area (Å²) in [6, 6.07) is 7.73. The summed E-state index contributed by atoms with van der Waals surface area (Å²) >= 11 is 0. The van der Waals surface area contributed by atoms with Gasteiger partial charge in [-0.05, 0) is 51.8 Å². The van der Waals surface area contributed by atoms with Gasteiger partial charge in [-0.15, -0.1) is 0 Å². The number of benzene rings is 1. The topological polar surface area (TPSA) is 66.4 Å². The second kappa shape index (κ2) is 6.12. The Kier molecular flexibility index (Phi) is 4.94. The fourth-order valence-corrected chi connectivity index (χ4v) is 1.71. The largest absolute Gasteiger partial charge is 0.481 e. The van der Waals surface area contributed by atoms with Gasteiger partial charge in [-0.1, -0.05) is 24.3 Å². The number of amides is 1. The van der Waals surface area contributed by atoms with E-state index in [0.717, 1.165) is 11.1 Å². The van der Waals surface area contributed by atoms with Gasteiger partial charge in [-0.25, -0.2) is 0 Å². The van der Waals surface area contributed by atoms with Gasteiger partial charge in [0.05, 0.1) is 11.0 Å². The summed E-state index contributed by atoms with van der Waals surface area (Å²) in [7, 11) is 0. The number of hydrogen-bond donors (Lipinski definition) is 2. The molecule has 21 heavy (non-hydrogen) atoms. The van der Waals surface area contributed by atoms with Gasteiger partial charge in [0.1, 0.15) is 0 Å². The lowest BCUT2D eigenvalue weighted by Gasteiger charge is -2.38. The fourth-order valence-electron chi connectivity index (χ4n) is 1.71. The molecule has 1 rings (SSSR count). The van der Waals surface area contributed by atoms with Crippen LogP contribution >= 0.6 is 0 Å². The maximum Gasteiger partial charge on any atom is 0.311 e. The lowest BCUT2D eigenvalue weighted by atomic mass is 9.74. The van der Waals surface area contributed by atoms with E-state index in [4.69, 9.17) is 0 Å². The summed E-state index contributed by atoms with van der Waals surface area (Å²) in [6.45, 7) is 8.58. The average molecular weight is 289 g/mol. The van der Waals surface area contributed by atoms with E-state index >= 15 is 0 Å². The van der Waals surface area contributed by atoms with Crippen LogP contribution in [0.15, 0.2) is 30.3 Å². The zero-order chi connectivity index (χ0) is 16.3. The molecule has 4 heteroatoms. The minimum absolute atomic E-state index is 0.308. The molecule has 2 N–H and O–H groups in total. The van der Waals surface area contributed by atoms with Crippen LogP contribution in [0.3, 0.4) is 0 Å². The zero-order valence-electron chi connectivity index (χ0n) is 13.2. The van der Waals surface area contributed by atoms with E-state index in [9.17, 15) is 14.7 Å². The molecule has 0 atom stereocenters. The molecule has 114 valence electrons. The second-order valence-electron chi connectivity index (χ2n) is 6.23. The quantitative estimate of drug-likeness (QED) is 0.819. The number of carboxylic acid groups (broad SMARTS) is 1. The minimum Gasteiger partial charge on any atom is -0.481 e. The number of nitrogens with one attached hydrogen (secondary N) is 1. The standard InChI is InChI=1S/C17H23NO3/c1-12-8-6-7-9-13(12)10-11-14(19)18-17(4,5)16(2,3)15(20)21/h6-11H,1-5H3,(H,18,19)(H,20,21). The number of carboxylic acids is 1.